The number of aromatic nitrogens is 1. The summed E-state index contributed by atoms with van der Waals surface area (Å²) < 4.78 is 0. The Kier molecular flexibility index (Phi) is 5.36. The summed E-state index contributed by atoms with van der Waals surface area (Å²) in [5.41, 5.74) is 4.11. The maximum atomic E-state index is 11.1. The molecule has 0 amide bonds. The lowest BCUT2D eigenvalue weighted by molar-refractivity contribution is 0.275. The van der Waals surface area contributed by atoms with E-state index in [4.69, 9.17) is 4.98 Å². The lowest BCUT2D eigenvalue weighted by atomic mass is 9.77. The number of benzene rings is 1. The lowest BCUT2D eigenvalue weighted by Gasteiger charge is -2.32. The summed E-state index contributed by atoms with van der Waals surface area (Å²) in [4.78, 5) is 7.24. The van der Waals surface area contributed by atoms with Crippen molar-refractivity contribution in [2.45, 2.75) is 71.3 Å². The van der Waals surface area contributed by atoms with Crippen LogP contribution >= 0.6 is 0 Å². The molecule has 2 aromatic rings. The molecule has 27 heavy (non-hydrogen) atoms. The fourth-order valence-electron chi connectivity index (χ4n) is 4.06. The molecule has 3 rings (SSSR count). The molecule has 1 saturated heterocycles. The number of hydrogen-bond acceptors (Lipinski definition) is 3. The van der Waals surface area contributed by atoms with E-state index in [-0.39, 0.29) is 16.9 Å². The van der Waals surface area contributed by atoms with Gasteiger partial charge in [0.05, 0.1) is 11.7 Å². The number of aromatic hydroxyl groups is 1. The third-order valence-electron chi connectivity index (χ3n) is 5.54. The van der Waals surface area contributed by atoms with Crippen LogP contribution in [0.2, 0.25) is 0 Å². The van der Waals surface area contributed by atoms with Crippen molar-refractivity contribution in [3.8, 4) is 5.75 Å². The summed E-state index contributed by atoms with van der Waals surface area (Å²) in [5.74, 6) is 0.444. The van der Waals surface area contributed by atoms with E-state index in [0.29, 0.717) is 5.75 Å². The highest BCUT2D eigenvalue weighted by atomic mass is 16.3. The quantitative estimate of drug-likeness (QED) is 0.772. The molecule has 1 aromatic carbocycles. The van der Waals surface area contributed by atoms with Crippen LogP contribution in [0.4, 0.5) is 0 Å². The molecule has 146 valence electrons. The first-order valence-electron chi connectivity index (χ1n) is 10.1. The smallest absolute Gasteiger partial charge is 0.123 e. The van der Waals surface area contributed by atoms with Crippen LogP contribution < -0.4 is 0 Å². The predicted octanol–water partition coefficient (Wildman–Crippen LogP) is 5.57. The molecule has 1 fully saturated rings. The number of phenols is 1. The number of pyridine rings is 1. The number of rotatable bonds is 3. The second-order valence-corrected chi connectivity index (χ2v) is 9.86. The maximum absolute atomic E-state index is 11.1. The minimum Gasteiger partial charge on any atom is -0.507 e. The summed E-state index contributed by atoms with van der Waals surface area (Å²) in [6, 6.07) is 10.7. The molecule has 1 N–H and O–H groups in total. The minimum absolute atomic E-state index is 0.125. The molecular weight excluding hydrogens is 332 g/mol. The van der Waals surface area contributed by atoms with Crippen LogP contribution in [0.3, 0.4) is 0 Å². The van der Waals surface area contributed by atoms with Gasteiger partial charge in [-0.15, -0.1) is 0 Å². The lowest BCUT2D eigenvalue weighted by Crippen LogP contribution is -2.28. The van der Waals surface area contributed by atoms with E-state index in [1.807, 2.05) is 12.3 Å². The van der Waals surface area contributed by atoms with E-state index in [2.05, 4.69) is 70.7 Å². The fraction of sp³-hybridized carbons (Fsp3) is 0.542. The first-order chi connectivity index (χ1) is 12.6. The van der Waals surface area contributed by atoms with Gasteiger partial charge in [-0.05, 0) is 77.7 Å². The molecule has 0 spiro atoms. The zero-order chi connectivity index (χ0) is 19.8. The monoisotopic (exact) mass is 366 g/mol. The summed E-state index contributed by atoms with van der Waals surface area (Å²) in [7, 11) is 0. The van der Waals surface area contributed by atoms with E-state index in [1.54, 1.807) is 0 Å². The van der Waals surface area contributed by atoms with Gasteiger partial charge in [0.15, 0.2) is 0 Å². The Balaban J connectivity index is 2.22. The van der Waals surface area contributed by atoms with Gasteiger partial charge in [-0.2, -0.15) is 0 Å². The molecule has 1 unspecified atom stereocenters. The Morgan fingerprint density at radius 1 is 0.926 bits per heavy atom. The Hall–Kier alpha value is -1.87. The van der Waals surface area contributed by atoms with Gasteiger partial charge in [0.25, 0.3) is 0 Å². The molecule has 1 aliphatic heterocycles. The van der Waals surface area contributed by atoms with Crippen molar-refractivity contribution in [2.75, 3.05) is 13.1 Å². The normalized spacial score (nSPS) is 17.3. The molecule has 0 radical (unpaired) electrons. The van der Waals surface area contributed by atoms with E-state index in [9.17, 15) is 5.11 Å². The molecule has 1 aromatic heterocycles. The van der Waals surface area contributed by atoms with Crippen LogP contribution in [0.5, 0.6) is 5.75 Å². The molecule has 0 aliphatic carbocycles. The molecular formula is C24H34N2O. The molecule has 3 nitrogen and oxygen atoms in total. The first-order valence-corrected chi connectivity index (χ1v) is 10.1. The average Bonchev–Trinajstić information content (AvgIpc) is 3.09. The van der Waals surface area contributed by atoms with Gasteiger partial charge in [0.1, 0.15) is 5.75 Å². The second-order valence-electron chi connectivity index (χ2n) is 9.86. The number of likely N-dealkylation sites (tertiary alicyclic amines) is 1. The van der Waals surface area contributed by atoms with Crippen LogP contribution in [0.15, 0.2) is 36.5 Å². The molecule has 2 heterocycles. The van der Waals surface area contributed by atoms with Crippen molar-refractivity contribution in [1.82, 2.24) is 9.88 Å². The Bertz CT molecular complexity index is 743. The predicted molar refractivity (Wildman–Crippen MR) is 112 cm³/mol. The van der Waals surface area contributed by atoms with Crippen molar-refractivity contribution >= 4 is 0 Å². The number of hydrogen-bond donors (Lipinski definition) is 1. The Morgan fingerprint density at radius 2 is 1.48 bits per heavy atom. The third-order valence-corrected chi connectivity index (χ3v) is 5.54. The van der Waals surface area contributed by atoms with Gasteiger partial charge < -0.3 is 5.11 Å². The topological polar surface area (TPSA) is 36.4 Å². The van der Waals surface area contributed by atoms with Gasteiger partial charge in [-0.1, -0.05) is 47.6 Å². The van der Waals surface area contributed by atoms with E-state index < -0.39 is 0 Å². The standard InChI is InChI=1S/C24H34N2O/c1-23(2,3)18-15-17(16-19(22(18)27)24(4,5)6)21(26-13-9-10-14-26)20-11-7-8-12-25-20/h7-8,11-12,15-16,21,27H,9-10,13-14H2,1-6H3. The highest BCUT2D eigenvalue weighted by Gasteiger charge is 2.31. The van der Waals surface area contributed by atoms with Gasteiger partial charge in [-0.25, -0.2) is 0 Å². The van der Waals surface area contributed by atoms with Gasteiger partial charge >= 0.3 is 0 Å². The molecule has 0 bridgehead atoms. The first kappa shape index (κ1) is 19.9. The van der Waals surface area contributed by atoms with E-state index >= 15 is 0 Å². The Morgan fingerprint density at radius 3 is 1.93 bits per heavy atom. The third kappa shape index (κ3) is 4.19. The van der Waals surface area contributed by atoms with Crippen LogP contribution in [-0.2, 0) is 10.8 Å². The van der Waals surface area contributed by atoms with Crippen molar-refractivity contribution in [3.05, 3.63) is 58.9 Å². The second kappa shape index (κ2) is 7.27. The zero-order valence-electron chi connectivity index (χ0n) is 17.7. The molecule has 0 saturated carbocycles. The minimum atomic E-state index is -0.125. The molecule has 1 aliphatic rings. The summed E-state index contributed by atoms with van der Waals surface area (Å²) in [5, 5.41) is 11.1. The highest BCUT2D eigenvalue weighted by Crippen LogP contribution is 2.42. The summed E-state index contributed by atoms with van der Waals surface area (Å²) in [6.45, 7) is 15.2. The van der Waals surface area contributed by atoms with Crippen molar-refractivity contribution in [3.63, 3.8) is 0 Å². The number of phenolic OH excluding ortho intramolecular Hbond substituents is 1. The van der Waals surface area contributed by atoms with Crippen molar-refractivity contribution < 1.29 is 5.11 Å². The molecule has 1 atom stereocenters. The van der Waals surface area contributed by atoms with Crippen LogP contribution in [0, 0.1) is 0 Å². The maximum Gasteiger partial charge on any atom is 0.123 e. The van der Waals surface area contributed by atoms with Crippen LogP contribution in [0.1, 0.15) is 82.8 Å². The van der Waals surface area contributed by atoms with Crippen LogP contribution in [-0.4, -0.2) is 28.1 Å². The fourth-order valence-corrected chi connectivity index (χ4v) is 4.06. The average molecular weight is 367 g/mol. The van der Waals surface area contributed by atoms with Gasteiger partial charge in [0.2, 0.25) is 0 Å². The van der Waals surface area contributed by atoms with Crippen molar-refractivity contribution in [2.24, 2.45) is 0 Å². The SMILES string of the molecule is CC(C)(C)c1cc(C(c2ccccn2)N2CCCC2)cc(C(C)(C)C)c1O. The van der Waals surface area contributed by atoms with Gasteiger partial charge in [-0.3, -0.25) is 9.88 Å². The Labute approximate surface area is 164 Å². The largest absolute Gasteiger partial charge is 0.507 e. The zero-order valence-corrected chi connectivity index (χ0v) is 17.7. The van der Waals surface area contributed by atoms with Crippen LogP contribution in [0.25, 0.3) is 0 Å². The summed E-state index contributed by atoms with van der Waals surface area (Å²) in [6.07, 6.45) is 4.35. The van der Waals surface area contributed by atoms with E-state index in [1.165, 1.54) is 18.4 Å². The summed E-state index contributed by atoms with van der Waals surface area (Å²) >= 11 is 0. The highest BCUT2D eigenvalue weighted by molar-refractivity contribution is 5.51. The van der Waals surface area contributed by atoms with E-state index in [0.717, 1.165) is 29.9 Å². The van der Waals surface area contributed by atoms with Gasteiger partial charge in [0, 0.05) is 6.20 Å². The van der Waals surface area contributed by atoms with Crippen molar-refractivity contribution in [1.29, 1.82) is 0 Å². The molecule has 3 heteroatoms. The number of nitrogens with zero attached hydrogens (tertiary/aromatic N) is 2.